The first kappa shape index (κ1) is 23.3. The number of guanidine groups is 1. The Balaban J connectivity index is 0.00000300. The van der Waals surface area contributed by atoms with E-state index in [9.17, 15) is 5.11 Å². The van der Waals surface area contributed by atoms with Crippen LogP contribution in [0.4, 0.5) is 0 Å². The number of benzene rings is 2. The van der Waals surface area contributed by atoms with Crippen LogP contribution in [0.1, 0.15) is 36.8 Å². The van der Waals surface area contributed by atoms with Crippen LogP contribution in [0.3, 0.4) is 0 Å². The van der Waals surface area contributed by atoms with Gasteiger partial charge in [0, 0.05) is 32.1 Å². The Morgan fingerprint density at radius 1 is 1.17 bits per heavy atom. The molecule has 1 unspecified atom stereocenters. The SMILES string of the molecule is CCNC(=NCCCc1ccc(O)cc1)N1CCC(c2ccc(OC)cc2)C1.I. The normalized spacial score (nSPS) is 16.4. The molecule has 0 radical (unpaired) electrons. The molecule has 2 N–H and O–H groups in total. The van der Waals surface area contributed by atoms with Crippen LogP contribution in [0.2, 0.25) is 0 Å². The molecule has 158 valence electrons. The van der Waals surface area contributed by atoms with Crippen molar-refractivity contribution in [2.24, 2.45) is 4.99 Å². The van der Waals surface area contributed by atoms with E-state index in [0.717, 1.165) is 57.2 Å². The molecule has 0 saturated carbocycles. The van der Waals surface area contributed by atoms with E-state index in [-0.39, 0.29) is 24.0 Å². The van der Waals surface area contributed by atoms with E-state index in [1.165, 1.54) is 11.1 Å². The molecule has 1 aliphatic heterocycles. The first-order chi connectivity index (χ1) is 13.7. The van der Waals surface area contributed by atoms with E-state index in [2.05, 4.69) is 29.3 Å². The summed E-state index contributed by atoms with van der Waals surface area (Å²) in [5.74, 6) is 2.77. The molecule has 1 aliphatic rings. The molecule has 1 saturated heterocycles. The molecule has 29 heavy (non-hydrogen) atoms. The van der Waals surface area contributed by atoms with Gasteiger partial charge >= 0.3 is 0 Å². The van der Waals surface area contributed by atoms with Gasteiger partial charge in [-0.25, -0.2) is 0 Å². The molecule has 0 amide bonds. The topological polar surface area (TPSA) is 57.1 Å². The fraction of sp³-hybridized carbons (Fsp3) is 0.435. The van der Waals surface area contributed by atoms with Gasteiger partial charge in [-0.15, -0.1) is 24.0 Å². The molecule has 1 atom stereocenters. The number of hydrogen-bond donors (Lipinski definition) is 2. The maximum Gasteiger partial charge on any atom is 0.193 e. The molecule has 0 aromatic heterocycles. The van der Waals surface area contributed by atoms with Crippen molar-refractivity contribution in [1.29, 1.82) is 0 Å². The maximum atomic E-state index is 9.37. The molecule has 2 aromatic carbocycles. The van der Waals surface area contributed by atoms with Gasteiger partial charge in [0.05, 0.1) is 7.11 Å². The number of rotatable bonds is 7. The predicted octanol–water partition coefficient (Wildman–Crippen LogP) is 4.41. The van der Waals surface area contributed by atoms with E-state index in [1.807, 2.05) is 24.3 Å². The number of halogens is 1. The van der Waals surface area contributed by atoms with Gasteiger partial charge in [-0.2, -0.15) is 0 Å². The Labute approximate surface area is 191 Å². The molecular formula is C23H32IN3O2. The zero-order valence-corrected chi connectivity index (χ0v) is 19.6. The molecular weight excluding hydrogens is 477 g/mol. The number of phenols is 1. The fourth-order valence-electron chi connectivity index (χ4n) is 3.66. The third-order valence-electron chi connectivity index (χ3n) is 5.23. The van der Waals surface area contributed by atoms with Crippen molar-refractivity contribution >= 4 is 29.9 Å². The number of methoxy groups -OCH3 is 1. The molecule has 3 rings (SSSR count). The number of phenolic OH excluding ortho intramolecular Hbond substituents is 1. The van der Waals surface area contributed by atoms with Crippen LogP contribution in [0.5, 0.6) is 11.5 Å². The zero-order valence-electron chi connectivity index (χ0n) is 17.3. The number of nitrogens with zero attached hydrogens (tertiary/aromatic N) is 2. The minimum atomic E-state index is 0. The van der Waals surface area contributed by atoms with Gasteiger partial charge in [0.1, 0.15) is 11.5 Å². The zero-order chi connectivity index (χ0) is 19.8. The second-order valence-corrected chi connectivity index (χ2v) is 7.21. The van der Waals surface area contributed by atoms with E-state index in [0.29, 0.717) is 11.7 Å². The maximum absolute atomic E-state index is 9.37. The van der Waals surface area contributed by atoms with Gasteiger partial charge in [-0.05, 0) is 61.6 Å². The average Bonchev–Trinajstić information content (AvgIpc) is 3.22. The van der Waals surface area contributed by atoms with Crippen LogP contribution in [-0.4, -0.2) is 49.3 Å². The van der Waals surface area contributed by atoms with Crippen molar-refractivity contribution in [1.82, 2.24) is 10.2 Å². The summed E-state index contributed by atoms with van der Waals surface area (Å²) in [7, 11) is 1.70. The summed E-state index contributed by atoms with van der Waals surface area (Å²) in [4.78, 5) is 7.22. The number of aryl methyl sites for hydroxylation is 1. The number of aliphatic imine (C=N–C) groups is 1. The average molecular weight is 509 g/mol. The molecule has 1 fully saturated rings. The number of likely N-dealkylation sites (tertiary alicyclic amines) is 1. The molecule has 6 heteroatoms. The summed E-state index contributed by atoms with van der Waals surface area (Å²) in [5, 5.41) is 12.8. The molecule has 0 bridgehead atoms. The second kappa shape index (κ2) is 11.9. The van der Waals surface area contributed by atoms with Crippen LogP contribution >= 0.6 is 24.0 Å². The van der Waals surface area contributed by atoms with Crippen LogP contribution in [0, 0.1) is 0 Å². The highest BCUT2D eigenvalue weighted by Crippen LogP contribution is 2.28. The lowest BCUT2D eigenvalue weighted by molar-refractivity contribution is 0.414. The summed E-state index contributed by atoms with van der Waals surface area (Å²) in [6.45, 7) is 5.81. The summed E-state index contributed by atoms with van der Waals surface area (Å²) < 4.78 is 5.26. The molecule has 0 spiro atoms. The van der Waals surface area contributed by atoms with Crippen LogP contribution in [0.25, 0.3) is 0 Å². The Bertz CT molecular complexity index is 763. The van der Waals surface area contributed by atoms with Crippen LogP contribution in [0.15, 0.2) is 53.5 Å². The van der Waals surface area contributed by atoms with Crippen LogP contribution < -0.4 is 10.1 Å². The number of aromatic hydroxyl groups is 1. The minimum absolute atomic E-state index is 0. The molecule has 2 aromatic rings. The minimum Gasteiger partial charge on any atom is -0.508 e. The lowest BCUT2D eigenvalue weighted by Gasteiger charge is -2.22. The summed E-state index contributed by atoms with van der Waals surface area (Å²) in [6, 6.07) is 15.9. The highest BCUT2D eigenvalue weighted by Gasteiger charge is 2.26. The first-order valence-corrected chi connectivity index (χ1v) is 10.1. The summed E-state index contributed by atoms with van der Waals surface area (Å²) >= 11 is 0. The highest BCUT2D eigenvalue weighted by molar-refractivity contribution is 14.0. The summed E-state index contributed by atoms with van der Waals surface area (Å²) in [5.41, 5.74) is 2.60. The fourth-order valence-corrected chi connectivity index (χ4v) is 3.66. The van der Waals surface area contributed by atoms with Crippen molar-refractivity contribution in [2.45, 2.75) is 32.1 Å². The number of ether oxygens (including phenoxy) is 1. The quantitative estimate of drug-likeness (QED) is 0.252. The molecule has 0 aliphatic carbocycles. The Morgan fingerprint density at radius 3 is 2.55 bits per heavy atom. The summed E-state index contributed by atoms with van der Waals surface area (Å²) in [6.07, 6.45) is 3.11. The van der Waals surface area contributed by atoms with Gasteiger partial charge < -0.3 is 20.1 Å². The van der Waals surface area contributed by atoms with Crippen LogP contribution in [-0.2, 0) is 6.42 Å². The predicted molar refractivity (Wildman–Crippen MR) is 130 cm³/mol. The number of nitrogens with one attached hydrogen (secondary N) is 1. The van der Waals surface area contributed by atoms with Gasteiger partial charge in [0.15, 0.2) is 5.96 Å². The molecule has 1 heterocycles. The number of hydrogen-bond acceptors (Lipinski definition) is 3. The first-order valence-electron chi connectivity index (χ1n) is 10.1. The van der Waals surface area contributed by atoms with Crippen molar-refractivity contribution in [2.75, 3.05) is 33.3 Å². The smallest absolute Gasteiger partial charge is 0.193 e. The van der Waals surface area contributed by atoms with Crippen molar-refractivity contribution in [3.8, 4) is 11.5 Å². The third-order valence-corrected chi connectivity index (χ3v) is 5.23. The van der Waals surface area contributed by atoms with Crippen molar-refractivity contribution < 1.29 is 9.84 Å². The van der Waals surface area contributed by atoms with E-state index in [4.69, 9.17) is 9.73 Å². The van der Waals surface area contributed by atoms with Gasteiger partial charge in [-0.3, -0.25) is 4.99 Å². The Morgan fingerprint density at radius 2 is 1.90 bits per heavy atom. The Hall–Kier alpha value is -1.96. The van der Waals surface area contributed by atoms with Gasteiger partial charge in [0.25, 0.3) is 0 Å². The Kier molecular flexibility index (Phi) is 9.57. The largest absolute Gasteiger partial charge is 0.508 e. The third kappa shape index (κ3) is 6.80. The van der Waals surface area contributed by atoms with Crippen molar-refractivity contribution in [3.63, 3.8) is 0 Å². The van der Waals surface area contributed by atoms with Crippen molar-refractivity contribution in [3.05, 3.63) is 59.7 Å². The molecule has 5 nitrogen and oxygen atoms in total. The van der Waals surface area contributed by atoms with Gasteiger partial charge in [0.2, 0.25) is 0 Å². The lowest BCUT2D eigenvalue weighted by Crippen LogP contribution is -2.40. The second-order valence-electron chi connectivity index (χ2n) is 7.21. The standard InChI is InChI=1S/C23H31N3O2.HI/c1-3-24-23(25-15-4-5-18-6-10-21(27)11-7-18)26-16-14-20(17-26)19-8-12-22(28-2)13-9-19;/h6-13,20,27H,3-5,14-17H2,1-2H3,(H,24,25);1H. The lowest BCUT2D eigenvalue weighted by atomic mass is 9.98. The van der Waals surface area contributed by atoms with E-state index in [1.54, 1.807) is 19.2 Å². The van der Waals surface area contributed by atoms with E-state index < -0.39 is 0 Å². The van der Waals surface area contributed by atoms with E-state index >= 15 is 0 Å². The van der Waals surface area contributed by atoms with Gasteiger partial charge in [-0.1, -0.05) is 24.3 Å². The highest BCUT2D eigenvalue weighted by atomic mass is 127. The monoisotopic (exact) mass is 509 g/mol.